The Labute approximate surface area is 191 Å². The minimum absolute atomic E-state index is 0.0161. The van der Waals surface area contributed by atoms with Crippen LogP contribution in [0.3, 0.4) is 0 Å². The van der Waals surface area contributed by atoms with E-state index < -0.39 is 6.04 Å². The highest BCUT2D eigenvalue weighted by Gasteiger charge is 2.32. The van der Waals surface area contributed by atoms with Gasteiger partial charge in [0, 0.05) is 18.8 Å². The molecule has 0 aliphatic carbocycles. The van der Waals surface area contributed by atoms with E-state index in [1.165, 1.54) is 5.56 Å². The first-order chi connectivity index (χ1) is 15.5. The zero-order valence-corrected chi connectivity index (χ0v) is 19.3. The zero-order valence-electron chi connectivity index (χ0n) is 19.3. The van der Waals surface area contributed by atoms with Gasteiger partial charge >= 0.3 is 6.03 Å². The second-order valence-corrected chi connectivity index (χ2v) is 8.65. The number of amides is 3. The van der Waals surface area contributed by atoms with Gasteiger partial charge in [-0.25, -0.2) is 4.79 Å². The van der Waals surface area contributed by atoms with Gasteiger partial charge in [-0.3, -0.25) is 4.79 Å². The fraction of sp³-hybridized carbons (Fsp3) is 0.462. The highest BCUT2D eigenvalue weighted by Crippen LogP contribution is 2.23. The van der Waals surface area contributed by atoms with Gasteiger partial charge in [0.2, 0.25) is 5.91 Å². The Morgan fingerprint density at radius 2 is 1.72 bits per heavy atom. The maximum atomic E-state index is 13.3. The van der Waals surface area contributed by atoms with Crippen LogP contribution in [0.4, 0.5) is 10.5 Å². The number of hydrogen-bond acceptors (Lipinski definition) is 3. The lowest BCUT2D eigenvalue weighted by Gasteiger charge is -2.36. The number of carbonyl (C=O) groups is 2. The first-order valence-corrected chi connectivity index (χ1v) is 11.5. The number of urea groups is 1. The lowest BCUT2D eigenvalue weighted by Crippen LogP contribution is -2.54. The molecule has 1 saturated heterocycles. The number of rotatable bonds is 8. The summed E-state index contributed by atoms with van der Waals surface area (Å²) in [7, 11) is 1.60. The molecule has 2 aromatic carbocycles. The summed E-state index contributed by atoms with van der Waals surface area (Å²) in [5.41, 5.74) is 2.01. The molecule has 1 heterocycles. The number of piperidine rings is 1. The molecule has 32 heavy (non-hydrogen) atoms. The minimum atomic E-state index is -0.538. The topological polar surface area (TPSA) is 70.7 Å². The van der Waals surface area contributed by atoms with Crippen molar-refractivity contribution in [3.8, 4) is 5.75 Å². The van der Waals surface area contributed by atoms with E-state index in [4.69, 9.17) is 4.74 Å². The third kappa shape index (κ3) is 6.49. The second kappa shape index (κ2) is 11.6. The molecular formula is C26H35N3O3. The average Bonchev–Trinajstić information content (AvgIpc) is 2.83. The fourth-order valence-electron chi connectivity index (χ4n) is 4.17. The number of anilines is 1. The second-order valence-electron chi connectivity index (χ2n) is 8.65. The Balaban J connectivity index is 1.55. The molecule has 0 saturated carbocycles. The molecule has 1 aliphatic heterocycles. The number of nitrogens with one attached hydrogen (secondary N) is 2. The van der Waals surface area contributed by atoms with E-state index in [1.54, 1.807) is 31.4 Å². The Hall–Kier alpha value is -3.02. The van der Waals surface area contributed by atoms with Crippen LogP contribution in [0.15, 0.2) is 54.6 Å². The molecule has 2 atom stereocenters. The summed E-state index contributed by atoms with van der Waals surface area (Å²) in [6, 6.07) is 16.7. The van der Waals surface area contributed by atoms with E-state index in [9.17, 15) is 9.59 Å². The summed E-state index contributed by atoms with van der Waals surface area (Å²) in [5, 5.41) is 5.74. The van der Waals surface area contributed by atoms with Crippen LogP contribution in [0.1, 0.15) is 38.7 Å². The van der Waals surface area contributed by atoms with Crippen LogP contribution in [0.5, 0.6) is 5.75 Å². The van der Waals surface area contributed by atoms with E-state index in [1.807, 2.05) is 24.8 Å². The van der Waals surface area contributed by atoms with Crippen molar-refractivity contribution >= 4 is 17.6 Å². The van der Waals surface area contributed by atoms with Crippen molar-refractivity contribution in [1.29, 1.82) is 0 Å². The van der Waals surface area contributed by atoms with E-state index >= 15 is 0 Å². The van der Waals surface area contributed by atoms with Crippen LogP contribution in [-0.2, 0) is 11.2 Å². The monoisotopic (exact) mass is 437 g/mol. The van der Waals surface area contributed by atoms with Crippen LogP contribution in [0, 0.1) is 11.8 Å². The number of nitrogens with zero attached hydrogens (tertiary/aromatic N) is 1. The average molecular weight is 438 g/mol. The Bertz CT molecular complexity index is 862. The van der Waals surface area contributed by atoms with Gasteiger partial charge in [0.25, 0.3) is 0 Å². The Kier molecular flexibility index (Phi) is 8.54. The van der Waals surface area contributed by atoms with Gasteiger partial charge in [0.15, 0.2) is 0 Å². The molecule has 1 fully saturated rings. The third-order valence-corrected chi connectivity index (χ3v) is 6.41. The highest BCUT2D eigenvalue weighted by molar-refractivity contribution is 5.94. The normalized spacial score (nSPS) is 16.2. The Morgan fingerprint density at radius 3 is 2.31 bits per heavy atom. The summed E-state index contributed by atoms with van der Waals surface area (Å²) >= 11 is 0. The molecule has 2 N–H and O–H groups in total. The van der Waals surface area contributed by atoms with Crippen molar-refractivity contribution in [2.75, 3.05) is 25.5 Å². The molecular weight excluding hydrogens is 402 g/mol. The van der Waals surface area contributed by atoms with Gasteiger partial charge in [-0.2, -0.15) is 0 Å². The van der Waals surface area contributed by atoms with Crippen LogP contribution in [0.2, 0.25) is 0 Å². The van der Waals surface area contributed by atoms with E-state index in [0.717, 1.165) is 44.5 Å². The molecule has 0 spiro atoms. The summed E-state index contributed by atoms with van der Waals surface area (Å²) in [6.45, 7) is 5.54. The quantitative estimate of drug-likeness (QED) is 0.628. The number of methoxy groups -OCH3 is 1. The van der Waals surface area contributed by atoms with Crippen molar-refractivity contribution in [3.63, 3.8) is 0 Å². The number of carbonyl (C=O) groups excluding carboxylic acids is 2. The fourth-order valence-corrected chi connectivity index (χ4v) is 4.17. The van der Waals surface area contributed by atoms with Gasteiger partial charge in [0.05, 0.1) is 7.11 Å². The SMILES string of the molecule is CC[C@H](C)[C@@H](NC(=O)Nc1ccc(OC)cc1)C(=O)N1CCC(Cc2ccccc2)CC1. The van der Waals surface area contributed by atoms with E-state index in [-0.39, 0.29) is 17.9 Å². The molecule has 3 amide bonds. The van der Waals surface area contributed by atoms with Crippen molar-refractivity contribution in [3.05, 3.63) is 60.2 Å². The van der Waals surface area contributed by atoms with E-state index in [0.29, 0.717) is 11.6 Å². The predicted molar refractivity (Wildman–Crippen MR) is 128 cm³/mol. The molecule has 0 unspecified atom stereocenters. The van der Waals surface area contributed by atoms with E-state index in [2.05, 4.69) is 34.9 Å². The maximum Gasteiger partial charge on any atom is 0.319 e. The molecule has 2 aromatic rings. The minimum Gasteiger partial charge on any atom is -0.497 e. The van der Waals surface area contributed by atoms with Crippen molar-refractivity contribution < 1.29 is 14.3 Å². The van der Waals surface area contributed by atoms with Crippen molar-refractivity contribution in [2.45, 2.75) is 45.6 Å². The molecule has 172 valence electrons. The summed E-state index contributed by atoms with van der Waals surface area (Å²) in [4.78, 5) is 27.8. The van der Waals surface area contributed by atoms with Crippen molar-refractivity contribution in [1.82, 2.24) is 10.2 Å². The maximum absolute atomic E-state index is 13.3. The first kappa shape index (κ1) is 23.6. The van der Waals surface area contributed by atoms with Gasteiger partial charge < -0.3 is 20.3 Å². The molecule has 0 radical (unpaired) electrons. The van der Waals surface area contributed by atoms with Gasteiger partial charge in [-0.15, -0.1) is 0 Å². The van der Waals surface area contributed by atoms with Crippen LogP contribution < -0.4 is 15.4 Å². The largest absolute Gasteiger partial charge is 0.497 e. The standard InChI is InChI=1S/C26H35N3O3/c1-4-19(2)24(28-26(31)27-22-10-12-23(32-3)13-11-22)25(30)29-16-14-21(15-17-29)18-20-8-6-5-7-9-20/h5-13,19,21,24H,4,14-18H2,1-3H3,(H2,27,28,31)/t19-,24+/m0/s1. The highest BCUT2D eigenvalue weighted by atomic mass is 16.5. The zero-order chi connectivity index (χ0) is 22.9. The van der Waals surface area contributed by atoms with Gasteiger partial charge in [-0.1, -0.05) is 50.6 Å². The summed E-state index contributed by atoms with van der Waals surface area (Å²) in [6.07, 6.45) is 3.85. The Morgan fingerprint density at radius 1 is 1.06 bits per heavy atom. The predicted octanol–water partition coefficient (Wildman–Crippen LogP) is 4.71. The number of benzene rings is 2. The number of ether oxygens (including phenoxy) is 1. The molecule has 6 heteroatoms. The van der Waals surface area contributed by atoms with Gasteiger partial charge in [-0.05, 0) is 60.9 Å². The van der Waals surface area contributed by atoms with Crippen LogP contribution in [0.25, 0.3) is 0 Å². The van der Waals surface area contributed by atoms with Crippen LogP contribution in [-0.4, -0.2) is 43.1 Å². The lowest BCUT2D eigenvalue weighted by atomic mass is 9.89. The molecule has 0 bridgehead atoms. The van der Waals surface area contributed by atoms with Crippen LogP contribution >= 0.6 is 0 Å². The molecule has 6 nitrogen and oxygen atoms in total. The first-order valence-electron chi connectivity index (χ1n) is 11.5. The number of hydrogen-bond donors (Lipinski definition) is 2. The van der Waals surface area contributed by atoms with Gasteiger partial charge in [0.1, 0.15) is 11.8 Å². The van der Waals surface area contributed by atoms with Crippen molar-refractivity contribution in [2.24, 2.45) is 11.8 Å². The summed E-state index contributed by atoms with van der Waals surface area (Å²) in [5.74, 6) is 1.38. The molecule has 0 aromatic heterocycles. The number of likely N-dealkylation sites (tertiary alicyclic amines) is 1. The molecule has 3 rings (SSSR count). The third-order valence-electron chi connectivity index (χ3n) is 6.41. The molecule has 1 aliphatic rings. The lowest BCUT2D eigenvalue weighted by molar-refractivity contribution is -0.135. The smallest absolute Gasteiger partial charge is 0.319 e. The summed E-state index contributed by atoms with van der Waals surface area (Å²) < 4.78 is 5.15.